The molecule has 0 unspecified atom stereocenters. The van der Waals surface area contributed by atoms with Crippen molar-refractivity contribution in [3.63, 3.8) is 0 Å². The molecule has 5 nitrogen and oxygen atoms in total. The second-order valence-corrected chi connectivity index (χ2v) is 3.85. The van der Waals surface area contributed by atoms with Gasteiger partial charge in [0.1, 0.15) is 0 Å². The molecular formula is C10H15F3N4O. The fourth-order valence-corrected chi connectivity index (χ4v) is 1.28. The van der Waals surface area contributed by atoms with Gasteiger partial charge in [-0.15, -0.1) is 0 Å². The summed E-state index contributed by atoms with van der Waals surface area (Å²) >= 11 is 0. The average molecular weight is 264 g/mol. The second kappa shape index (κ2) is 6.39. The third-order valence-electron chi connectivity index (χ3n) is 2.04. The van der Waals surface area contributed by atoms with E-state index in [4.69, 9.17) is 0 Å². The van der Waals surface area contributed by atoms with Gasteiger partial charge in [0.25, 0.3) is 0 Å². The molecule has 1 rings (SSSR count). The largest absolute Gasteiger partial charge is 0.401 e. The molecule has 0 fully saturated rings. The molecule has 102 valence electrons. The molecule has 0 aliphatic heterocycles. The maximum atomic E-state index is 11.8. The number of hydrogen-bond donors (Lipinski definition) is 2. The van der Waals surface area contributed by atoms with Crippen LogP contribution >= 0.6 is 0 Å². The van der Waals surface area contributed by atoms with Crippen molar-refractivity contribution in [1.29, 1.82) is 0 Å². The Balaban J connectivity index is 2.10. The molecule has 8 heteroatoms. The summed E-state index contributed by atoms with van der Waals surface area (Å²) in [7, 11) is 0. The fraction of sp³-hybridized carbons (Fsp3) is 0.600. The highest BCUT2D eigenvalue weighted by Crippen LogP contribution is 2.11. The zero-order chi connectivity index (χ0) is 13.6. The SMILES string of the molecule is Cc1cnn(CCNC(=O)CNCC(F)(F)F)c1. The van der Waals surface area contributed by atoms with Gasteiger partial charge >= 0.3 is 6.18 Å². The van der Waals surface area contributed by atoms with Crippen molar-refractivity contribution in [1.82, 2.24) is 20.4 Å². The van der Waals surface area contributed by atoms with Crippen LogP contribution in [0.15, 0.2) is 12.4 Å². The Hall–Kier alpha value is -1.57. The number of halogens is 3. The van der Waals surface area contributed by atoms with Crippen LogP contribution in [-0.4, -0.2) is 41.5 Å². The number of nitrogens with one attached hydrogen (secondary N) is 2. The van der Waals surface area contributed by atoms with Crippen LogP contribution in [0.25, 0.3) is 0 Å². The molecule has 1 aromatic rings. The van der Waals surface area contributed by atoms with Crippen molar-refractivity contribution in [2.75, 3.05) is 19.6 Å². The van der Waals surface area contributed by atoms with Gasteiger partial charge in [-0.05, 0) is 12.5 Å². The molecule has 2 N–H and O–H groups in total. The van der Waals surface area contributed by atoms with Gasteiger partial charge in [-0.2, -0.15) is 18.3 Å². The summed E-state index contributed by atoms with van der Waals surface area (Å²) in [6.07, 6.45) is -0.798. The first-order valence-corrected chi connectivity index (χ1v) is 5.40. The van der Waals surface area contributed by atoms with Crippen LogP contribution in [0.3, 0.4) is 0 Å². The van der Waals surface area contributed by atoms with E-state index in [9.17, 15) is 18.0 Å². The summed E-state index contributed by atoms with van der Waals surface area (Å²) < 4.78 is 37.0. The first kappa shape index (κ1) is 14.5. The highest BCUT2D eigenvalue weighted by Gasteiger charge is 2.26. The van der Waals surface area contributed by atoms with E-state index in [0.717, 1.165) is 5.56 Å². The van der Waals surface area contributed by atoms with Gasteiger partial charge in [0.05, 0.1) is 25.8 Å². The lowest BCUT2D eigenvalue weighted by Gasteiger charge is -2.08. The smallest absolute Gasteiger partial charge is 0.353 e. The number of amides is 1. The Morgan fingerprint density at radius 1 is 1.50 bits per heavy atom. The minimum atomic E-state index is -4.30. The summed E-state index contributed by atoms with van der Waals surface area (Å²) in [6, 6.07) is 0. The Morgan fingerprint density at radius 3 is 2.78 bits per heavy atom. The van der Waals surface area contributed by atoms with Gasteiger partial charge in [-0.3, -0.25) is 9.48 Å². The Labute approximate surface area is 102 Å². The second-order valence-electron chi connectivity index (χ2n) is 3.85. The molecule has 0 saturated carbocycles. The van der Waals surface area contributed by atoms with Crippen molar-refractivity contribution in [2.45, 2.75) is 19.6 Å². The number of hydrogen-bond acceptors (Lipinski definition) is 3. The Morgan fingerprint density at radius 2 is 2.22 bits per heavy atom. The van der Waals surface area contributed by atoms with Crippen LogP contribution in [0.4, 0.5) is 13.2 Å². The molecule has 0 aliphatic carbocycles. The van der Waals surface area contributed by atoms with Gasteiger partial charge in [0.2, 0.25) is 5.91 Å². The predicted molar refractivity (Wildman–Crippen MR) is 58.9 cm³/mol. The first-order valence-electron chi connectivity index (χ1n) is 5.40. The zero-order valence-electron chi connectivity index (χ0n) is 9.92. The van der Waals surface area contributed by atoms with Gasteiger partial charge < -0.3 is 10.6 Å². The van der Waals surface area contributed by atoms with E-state index in [0.29, 0.717) is 13.1 Å². The fourth-order valence-electron chi connectivity index (χ4n) is 1.28. The van der Waals surface area contributed by atoms with E-state index in [2.05, 4.69) is 10.4 Å². The summed E-state index contributed by atoms with van der Waals surface area (Å²) in [4.78, 5) is 11.2. The molecule has 0 radical (unpaired) electrons. The molecule has 0 atom stereocenters. The number of aryl methyl sites for hydroxylation is 1. The maximum Gasteiger partial charge on any atom is 0.401 e. The normalized spacial score (nSPS) is 11.6. The van der Waals surface area contributed by atoms with Crippen molar-refractivity contribution >= 4 is 5.91 Å². The molecule has 1 aromatic heterocycles. The topological polar surface area (TPSA) is 59.0 Å². The quantitative estimate of drug-likeness (QED) is 0.784. The summed E-state index contributed by atoms with van der Waals surface area (Å²) in [5, 5.41) is 8.52. The molecule has 0 aliphatic rings. The first-order chi connectivity index (χ1) is 8.37. The number of carbonyl (C=O) groups is 1. The number of alkyl halides is 3. The van der Waals surface area contributed by atoms with E-state index < -0.39 is 18.6 Å². The van der Waals surface area contributed by atoms with Crippen LogP contribution in [0.5, 0.6) is 0 Å². The van der Waals surface area contributed by atoms with Crippen LogP contribution in [0.2, 0.25) is 0 Å². The molecule has 0 aromatic carbocycles. The predicted octanol–water partition coefficient (Wildman–Crippen LogP) is 0.460. The van der Waals surface area contributed by atoms with E-state index in [1.165, 1.54) is 0 Å². The minimum Gasteiger partial charge on any atom is -0.353 e. The van der Waals surface area contributed by atoms with Gasteiger partial charge in [0, 0.05) is 12.7 Å². The molecule has 18 heavy (non-hydrogen) atoms. The summed E-state index contributed by atoms with van der Waals surface area (Å²) in [6.45, 7) is 1.19. The van der Waals surface area contributed by atoms with Gasteiger partial charge in [-0.1, -0.05) is 0 Å². The number of nitrogens with zero attached hydrogens (tertiary/aromatic N) is 2. The van der Waals surface area contributed by atoms with E-state index in [1.54, 1.807) is 10.9 Å². The van der Waals surface area contributed by atoms with E-state index >= 15 is 0 Å². The summed E-state index contributed by atoms with van der Waals surface area (Å²) in [5.41, 5.74) is 1.01. The molecule has 1 amide bonds. The van der Waals surface area contributed by atoms with Crippen molar-refractivity contribution in [2.24, 2.45) is 0 Å². The van der Waals surface area contributed by atoms with E-state index in [1.807, 2.05) is 18.4 Å². The third kappa shape index (κ3) is 6.24. The third-order valence-corrected chi connectivity index (χ3v) is 2.04. The van der Waals surface area contributed by atoms with Gasteiger partial charge in [-0.25, -0.2) is 0 Å². The van der Waals surface area contributed by atoms with Gasteiger partial charge in [0.15, 0.2) is 0 Å². The molecular weight excluding hydrogens is 249 g/mol. The minimum absolute atomic E-state index is 0.327. The lowest BCUT2D eigenvalue weighted by Crippen LogP contribution is -2.39. The highest BCUT2D eigenvalue weighted by atomic mass is 19.4. The average Bonchev–Trinajstić information content (AvgIpc) is 2.62. The molecule has 1 heterocycles. The monoisotopic (exact) mass is 264 g/mol. The van der Waals surface area contributed by atoms with Crippen LogP contribution < -0.4 is 10.6 Å². The highest BCUT2D eigenvalue weighted by molar-refractivity contribution is 5.77. The lowest BCUT2D eigenvalue weighted by atomic mass is 10.4. The number of aromatic nitrogens is 2. The maximum absolute atomic E-state index is 11.8. The number of rotatable bonds is 6. The zero-order valence-corrected chi connectivity index (χ0v) is 9.92. The molecule has 0 bridgehead atoms. The molecule has 0 saturated heterocycles. The standard InChI is InChI=1S/C10H15F3N4O/c1-8-4-16-17(6-8)3-2-15-9(18)5-14-7-10(11,12)13/h4,6,14H,2-3,5,7H2,1H3,(H,15,18). The molecule has 0 spiro atoms. The van der Waals surface area contributed by atoms with Crippen molar-refractivity contribution < 1.29 is 18.0 Å². The van der Waals surface area contributed by atoms with Crippen molar-refractivity contribution in [3.8, 4) is 0 Å². The van der Waals surface area contributed by atoms with Crippen LogP contribution in [0.1, 0.15) is 5.56 Å². The van der Waals surface area contributed by atoms with E-state index in [-0.39, 0.29) is 6.54 Å². The number of carbonyl (C=O) groups excluding carboxylic acids is 1. The van der Waals surface area contributed by atoms with Crippen LogP contribution in [-0.2, 0) is 11.3 Å². The Bertz CT molecular complexity index is 389. The Kier molecular flexibility index (Phi) is 5.14. The van der Waals surface area contributed by atoms with Crippen molar-refractivity contribution in [3.05, 3.63) is 18.0 Å². The summed E-state index contributed by atoms with van der Waals surface area (Å²) in [5.74, 6) is -0.469. The van der Waals surface area contributed by atoms with Crippen LogP contribution in [0, 0.1) is 6.92 Å². The lowest BCUT2D eigenvalue weighted by molar-refractivity contribution is -0.128.